The molecule has 0 saturated heterocycles. The zero-order valence-electron chi connectivity index (χ0n) is 15.2. The Bertz CT molecular complexity index is 653. The quantitative estimate of drug-likeness (QED) is 0.324. The van der Waals surface area contributed by atoms with Crippen molar-refractivity contribution in [1.29, 1.82) is 0 Å². The molecule has 0 aromatic rings. The summed E-state index contributed by atoms with van der Waals surface area (Å²) < 4.78 is 0. The molecule has 0 aromatic carbocycles. The first-order valence-electron chi connectivity index (χ1n) is 7.51. The number of aliphatic carboxylic acids is 3. The smallest absolute Gasteiger partial charge is 0.381 e. The van der Waals surface area contributed by atoms with Gasteiger partial charge in [-0.2, -0.15) is 5.57 Å². The van der Waals surface area contributed by atoms with Crippen molar-refractivity contribution in [3.63, 3.8) is 0 Å². The van der Waals surface area contributed by atoms with Gasteiger partial charge in [-0.3, -0.25) is 0 Å². The molecule has 0 aliphatic heterocycles. The number of hydrogen-bond acceptors (Lipinski definition) is 3. The van der Waals surface area contributed by atoms with Crippen molar-refractivity contribution >= 4 is 17.9 Å². The Labute approximate surface area is 174 Å². The molecule has 0 amide bonds. The Balaban J connectivity index is -0.000000311. The maximum absolute atomic E-state index is 9.13. The van der Waals surface area contributed by atoms with Crippen LogP contribution in [0.25, 0.3) is 0 Å². The number of carboxylic acids is 3. The Morgan fingerprint density at radius 3 is 1.56 bits per heavy atom. The molecule has 3 N–H and O–H groups in total. The summed E-state index contributed by atoms with van der Waals surface area (Å²) in [5.41, 5.74) is 4.69. The predicted octanol–water partition coefficient (Wildman–Crippen LogP) is 2.37. The van der Waals surface area contributed by atoms with Gasteiger partial charge in [0.25, 0.3) is 0 Å². The van der Waals surface area contributed by atoms with Gasteiger partial charge in [-0.05, 0) is 0 Å². The zero-order chi connectivity index (χ0) is 20.7. The Morgan fingerprint density at radius 1 is 0.926 bits per heavy atom. The molecular formula is C20H21O6Ti-. The molecule has 0 bridgehead atoms. The number of allylic oxidation sites excluding steroid dienone is 4. The monoisotopic (exact) mass is 405 g/mol. The van der Waals surface area contributed by atoms with E-state index in [1.54, 1.807) is 11.1 Å². The second-order valence-electron chi connectivity index (χ2n) is 5.09. The molecular weight excluding hydrogens is 384 g/mol. The van der Waals surface area contributed by atoms with Gasteiger partial charge in [-0.15, -0.1) is 19.3 Å². The molecule has 0 fully saturated rings. The summed E-state index contributed by atoms with van der Waals surface area (Å²) in [6.07, 6.45) is 21.9. The minimum atomic E-state index is -1.22. The largest absolute Gasteiger partial charge is 0.472 e. The minimum absolute atomic E-state index is 0. The van der Waals surface area contributed by atoms with E-state index in [0.29, 0.717) is 5.92 Å². The summed E-state index contributed by atoms with van der Waals surface area (Å²) in [4.78, 5) is 27.4. The Kier molecular flexibility index (Phi) is 18.0. The molecule has 0 radical (unpaired) electrons. The molecule has 7 heteroatoms. The summed E-state index contributed by atoms with van der Waals surface area (Å²) in [7, 11) is 0. The van der Waals surface area contributed by atoms with Crippen LogP contribution < -0.4 is 0 Å². The third-order valence-electron chi connectivity index (χ3n) is 3.40. The van der Waals surface area contributed by atoms with Crippen LogP contribution in [0.15, 0.2) is 16.7 Å². The average molecular weight is 405 g/mol. The molecule has 1 unspecified atom stereocenters. The van der Waals surface area contributed by atoms with E-state index >= 15 is 0 Å². The van der Waals surface area contributed by atoms with Crippen LogP contribution in [0.5, 0.6) is 0 Å². The van der Waals surface area contributed by atoms with E-state index in [-0.39, 0.29) is 21.7 Å². The molecule has 1 atom stereocenters. The summed E-state index contributed by atoms with van der Waals surface area (Å²) in [6.45, 7) is 4.53. The second kappa shape index (κ2) is 16.7. The number of carbonyl (C=O) groups is 3. The van der Waals surface area contributed by atoms with Gasteiger partial charge in [0, 0.05) is 39.5 Å². The van der Waals surface area contributed by atoms with Gasteiger partial charge in [0.15, 0.2) is 0 Å². The first-order valence-corrected chi connectivity index (χ1v) is 7.51. The van der Waals surface area contributed by atoms with E-state index in [1.807, 2.05) is 0 Å². The van der Waals surface area contributed by atoms with E-state index in [9.17, 15) is 0 Å². The molecule has 2 rings (SSSR count). The Morgan fingerprint density at radius 2 is 1.26 bits per heavy atom. The SMILES string of the molecule is C#CC(=O)O.C#CC(=O)O.C#CC(=O)O.CC1=[C-]C2=C(CCCC2)C1C.[Ti]. The number of terminal acetylenes is 3. The van der Waals surface area contributed by atoms with Gasteiger partial charge in [0.1, 0.15) is 0 Å². The maximum atomic E-state index is 9.13. The van der Waals surface area contributed by atoms with E-state index in [1.165, 1.54) is 49.0 Å². The van der Waals surface area contributed by atoms with Crippen LogP contribution in [0, 0.1) is 49.0 Å². The van der Waals surface area contributed by atoms with E-state index in [4.69, 9.17) is 29.7 Å². The Hall–Kier alpha value is -2.72. The number of carboxylic acid groups (broad SMARTS) is 3. The first kappa shape index (κ1) is 29.1. The topological polar surface area (TPSA) is 112 Å². The molecule has 6 nitrogen and oxygen atoms in total. The summed E-state index contributed by atoms with van der Waals surface area (Å²) in [5.74, 6) is 1.39. The molecule has 27 heavy (non-hydrogen) atoms. The van der Waals surface area contributed by atoms with E-state index < -0.39 is 17.9 Å². The fourth-order valence-corrected chi connectivity index (χ4v) is 2.16. The van der Waals surface area contributed by atoms with Crippen LogP contribution in [-0.2, 0) is 36.1 Å². The molecule has 0 saturated carbocycles. The van der Waals surface area contributed by atoms with Crippen molar-refractivity contribution in [2.45, 2.75) is 39.5 Å². The van der Waals surface area contributed by atoms with Gasteiger partial charge in [0.2, 0.25) is 0 Å². The molecule has 0 spiro atoms. The first-order chi connectivity index (χ1) is 12.1. The van der Waals surface area contributed by atoms with Gasteiger partial charge in [-0.25, -0.2) is 31.6 Å². The maximum Gasteiger partial charge on any atom is 0.381 e. The molecule has 0 aromatic heterocycles. The summed E-state index contributed by atoms with van der Waals surface area (Å²) in [5, 5.41) is 22.5. The van der Waals surface area contributed by atoms with Crippen molar-refractivity contribution in [2.24, 2.45) is 5.92 Å². The fraction of sp³-hybridized carbons (Fsp3) is 0.350. The summed E-state index contributed by atoms with van der Waals surface area (Å²) in [6, 6.07) is 0. The summed E-state index contributed by atoms with van der Waals surface area (Å²) >= 11 is 0. The molecule has 0 heterocycles. The number of rotatable bonds is 0. The zero-order valence-corrected chi connectivity index (χ0v) is 16.8. The van der Waals surface area contributed by atoms with Gasteiger partial charge in [-0.1, -0.05) is 45.4 Å². The predicted molar refractivity (Wildman–Crippen MR) is 96.5 cm³/mol. The van der Waals surface area contributed by atoms with Gasteiger partial charge in [0.05, 0.1) is 0 Å². The van der Waals surface area contributed by atoms with Crippen molar-refractivity contribution in [3.8, 4) is 37.0 Å². The third kappa shape index (κ3) is 15.3. The van der Waals surface area contributed by atoms with Gasteiger partial charge < -0.3 is 15.3 Å². The standard InChI is InChI=1S/C11H15.3C3H2O2.Ti/c1-8-7-10-5-3-4-6-11(10)9(8)2;3*1-2-3(4)5;/h9H,3-6H2,1-2H3;3*1H,(H,4,5);/q-1;;;;. The molecule has 142 valence electrons. The average Bonchev–Trinajstić information content (AvgIpc) is 2.91. The van der Waals surface area contributed by atoms with Crippen molar-refractivity contribution in [1.82, 2.24) is 0 Å². The van der Waals surface area contributed by atoms with Gasteiger partial charge >= 0.3 is 17.9 Å². The second-order valence-corrected chi connectivity index (χ2v) is 5.09. The van der Waals surface area contributed by atoms with Crippen LogP contribution in [0.2, 0.25) is 0 Å². The molecule has 2 aliphatic carbocycles. The molecule has 2 aliphatic rings. The van der Waals surface area contributed by atoms with Crippen LogP contribution in [-0.4, -0.2) is 33.2 Å². The van der Waals surface area contributed by atoms with Crippen molar-refractivity contribution in [3.05, 3.63) is 22.8 Å². The van der Waals surface area contributed by atoms with E-state index in [0.717, 1.165) is 0 Å². The van der Waals surface area contributed by atoms with E-state index in [2.05, 4.69) is 39.2 Å². The van der Waals surface area contributed by atoms with Crippen molar-refractivity contribution < 1.29 is 51.4 Å². The van der Waals surface area contributed by atoms with Crippen LogP contribution in [0.1, 0.15) is 39.5 Å². The minimum Gasteiger partial charge on any atom is -0.472 e. The van der Waals surface area contributed by atoms with Crippen LogP contribution in [0.3, 0.4) is 0 Å². The fourth-order valence-electron chi connectivity index (χ4n) is 2.16. The van der Waals surface area contributed by atoms with Crippen molar-refractivity contribution in [2.75, 3.05) is 0 Å². The number of hydrogen-bond donors (Lipinski definition) is 3. The van der Waals surface area contributed by atoms with Crippen LogP contribution >= 0.6 is 0 Å². The third-order valence-corrected chi connectivity index (χ3v) is 3.40. The normalized spacial score (nSPS) is 15.4. The van der Waals surface area contributed by atoms with Crippen LogP contribution in [0.4, 0.5) is 0 Å².